The Balaban J connectivity index is 1.55. The number of aromatic nitrogens is 2. The van der Waals surface area contributed by atoms with Crippen molar-refractivity contribution in [3.63, 3.8) is 0 Å². The highest BCUT2D eigenvalue weighted by molar-refractivity contribution is 5.96. The first kappa shape index (κ1) is 31.9. The Bertz CT molecular complexity index is 1280. The third kappa shape index (κ3) is 8.98. The van der Waals surface area contributed by atoms with E-state index in [0.29, 0.717) is 18.9 Å². The van der Waals surface area contributed by atoms with Crippen LogP contribution in [0.4, 0.5) is 4.79 Å². The van der Waals surface area contributed by atoms with Crippen LogP contribution in [0.1, 0.15) is 88.3 Å². The smallest absolute Gasteiger partial charge is 0.409 e. The molecule has 1 saturated carbocycles. The first-order valence-electron chi connectivity index (χ1n) is 15.2. The van der Waals surface area contributed by atoms with Gasteiger partial charge >= 0.3 is 12.1 Å². The number of amides is 3. The maximum absolute atomic E-state index is 13.7. The molecule has 0 spiro atoms. The SMILES string of the molecule is CCOC(=O)N1CCN(C(=O)[C@H](CCC(=O)OC(C)(C)C)NC(=O)c2cc(C3CCCC3)nc(-c3ccccc3)n2)CC1. The molecular weight excluding hydrogens is 550 g/mol. The Kier molecular flexibility index (Phi) is 10.7. The second kappa shape index (κ2) is 14.4. The minimum Gasteiger partial charge on any atom is -0.460 e. The van der Waals surface area contributed by atoms with Gasteiger partial charge in [-0.2, -0.15) is 0 Å². The molecule has 3 amide bonds. The van der Waals surface area contributed by atoms with Crippen molar-refractivity contribution in [3.8, 4) is 11.4 Å². The molecular formula is C32H43N5O6. The van der Waals surface area contributed by atoms with Gasteiger partial charge in [0.2, 0.25) is 5.91 Å². The normalized spacial score (nSPS) is 16.5. The van der Waals surface area contributed by atoms with Gasteiger partial charge in [0.25, 0.3) is 5.91 Å². The van der Waals surface area contributed by atoms with E-state index in [2.05, 4.69) is 10.3 Å². The summed E-state index contributed by atoms with van der Waals surface area (Å²) in [5.41, 5.74) is 1.13. The summed E-state index contributed by atoms with van der Waals surface area (Å²) in [7, 11) is 0. The minimum atomic E-state index is -0.987. The summed E-state index contributed by atoms with van der Waals surface area (Å²) in [6, 6.07) is 10.2. The van der Waals surface area contributed by atoms with E-state index in [4.69, 9.17) is 14.5 Å². The lowest BCUT2D eigenvalue weighted by atomic mass is 10.0. The van der Waals surface area contributed by atoms with Crippen molar-refractivity contribution in [1.29, 1.82) is 0 Å². The van der Waals surface area contributed by atoms with Gasteiger partial charge in [0, 0.05) is 49.8 Å². The van der Waals surface area contributed by atoms with Crippen molar-refractivity contribution in [2.45, 2.75) is 83.8 Å². The third-order valence-electron chi connectivity index (χ3n) is 7.56. The van der Waals surface area contributed by atoms with Crippen LogP contribution in [0, 0.1) is 0 Å². The lowest BCUT2D eigenvalue weighted by Gasteiger charge is -2.36. The van der Waals surface area contributed by atoms with Crippen LogP contribution in [0.3, 0.4) is 0 Å². The van der Waals surface area contributed by atoms with Crippen molar-refractivity contribution in [2.75, 3.05) is 32.8 Å². The maximum Gasteiger partial charge on any atom is 0.409 e. The van der Waals surface area contributed by atoms with Gasteiger partial charge in [0.05, 0.1) is 6.61 Å². The van der Waals surface area contributed by atoms with Gasteiger partial charge in [-0.15, -0.1) is 0 Å². The molecule has 1 atom stereocenters. The molecule has 4 rings (SSSR count). The molecule has 1 aromatic carbocycles. The van der Waals surface area contributed by atoms with E-state index in [1.807, 2.05) is 30.3 Å². The Labute approximate surface area is 253 Å². The predicted molar refractivity (Wildman–Crippen MR) is 160 cm³/mol. The second-order valence-electron chi connectivity index (χ2n) is 12.0. The highest BCUT2D eigenvalue weighted by Gasteiger charge is 2.32. The van der Waals surface area contributed by atoms with Gasteiger partial charge in [-0.05, 0) is 53.0 Å². The fourth-order valence-electron chi connectivity index (χ4n) is 5.42. The number of carbonyl (C=O) groups excluding carboxylic acids is 4. The molecule has 2 heterocycles. The Hall–Kier alpha value is -4.02. The summed E-state index contributed by atoms with van der Waals surface area (Å²) in [6.45, 7) is 8.55. The van der Waals surface area contributed by atoms with Gasteiger partial charge in [-0.3, -0.25) is 14.4 Å². The zero-order chi connectivity index (χ0) is 31.0. The third-order valence-corrected chi connectivity index (χ3v) is 7.56. The van der Waals surface area contributed by atoms with Crippen molar-refractivity contribution >= 4 is 23.9 Å². The standard InChI is InChI=1S/C32H43N5O6/c1-5-42-31(41)37-19-17-36(18-20-37)30(40)24(15-16-27(38)43-32(2,3)4)35-29(39)26-21-25(22-11-9-10-12-22)33-28(34-26)23-13-7-6-8-14-23/h6-8,13-14,21-22,24H,5,9-12,15-20H2,1-4H3,(H,35,39)/t24-/m0/s1. The fraction of sp³-hybridized carbons (Fsp3) is 0.562. The Morgan fingerprint density at radius 3 is 2.26 bits per heavy atom. The van der Waals surface area contributed by atoms with Crippen LogP contribution in [0.25, 0.3) is 11.4 Å². The van der Waals surface area contributed by atoms with Crippen molar-refractivity contribution in [1.82, 2.24) is 25.1 Å². The van der Waals surface area contributed by atoms with Crippen LogP contribution in [0.5, 0.6) is 0 Å². The van der Waals surface area contributed by atoms with Crippen LogP contribution in [0.2, 0.25) is 0 Å². The lowest BCUT2D eigenvalue weighted by molar-refractivity contribution is -0.155. The molecule has 2 fully saturated rings. The van der Waals surface area contributed by atoms with E-state index in [1.54, 1.807) is 43.6 Å². The highest BCUT2D eigenvalue weighted by atomic mass is 16.6. The average Bonchev–Trinajstić information content (AvgIpc) is 3.54. The van der Waals surface area contributed by atoms with Crippen LogP contribution < -0.4 is 5.32 Å². The zero-order valence-electron chi connectivity index (χ0n) is 25.6. The van der Waals surface area contributed by atoms with Crippen LogP contribution in [0.15, 0.2) is 36.4 Å². The minimum absolute atomic E-state index is 0.0525. The summed E-state index contributed by atoms with van der Waals surface area (Å²) in [5, 5.41) is 2.87. The fourth-order valence-corrected chi connectivity index (χ4v) is 5.42. The molecule has 0 bridgehead atoms. The van der Waals surface area contributed by atoms with Gasteiger partial charge in [0.15, 0.2) is 5.82 Å². The average molecular weight is 594 g/mol. The van der Waals surface area contributed by atoms with Gasteiger partial charge in [-0.25, -0.2) is 14.8 Å². The predicted octanol–water partition coefficient (Wildman–Crippen LogP) is 4.32. The molecule has 0 radical (unpaired) electrons. The molecule has 1 aromatic heterocycles. The maximum atomic E-state index is 13.7. The van der Waals surface area contributed by atoms with E-state index < -0.39 is 29.6 Å². The van der Waals surface area contributed by atoms with E-state index in [1.165, 1.54) is 0 Å². The van der Waals surface area contributed by atoms with E-state index in [9.17, 15) is 19.2 Å². The summed E-state index contributed by atoms with van der Waals surface area (Å²) in [6.07, 6.45) is 3.82. The molecule has 0 unspecified atom stereocenters. The van der Waals surface area contributed by atoms with Crippen molar-refractivity contribution in [3.05, 3.63) is 47.8 Å². The number of nitrogens with one attached hydrogen (secondary N) is 1. The molecule has 232 valence electrons. The molecule has 2 aliphatic rings. The van der Waals surface area contributed by atoms with E-state index in [0.717, 1.165) is 36.9 Å². The lowest BCUT2D eigenvalue weighted by Crippen LogP contribution is -2.56. The highest BCUT2D eigenvalue weighted by Crippen LogP contribution is 2.34. The molecule has 11 nitrogen and oxygen atoms in total. The first-order chi connectivity index (χ1) is 20.5. The Morgan fingerprint density at radius 2 is 1.63 bits per heavy atom. The van der Waals surface area contributed by atoms with Crippen LogP contribution >= 0.6 is 0 Å². The van der Waals surface area contributed by atoms with Gasteiger partial charge in [-0.1, -0.05) is 43.2 Å². The second-order valence-corrected chi connectivity index (χ2v) is 12.0. The summed E-state index contributed by atoms with van der Waals surface area (Å²) >= 11 is 0. The van der Waals surface area contributed by atoms with Crippen molar-refractivity contribution in [2.24, 2.45) is 0 Å². The van der Waals surface area contributed by atoms with E-state index in [-0.39, 0.29) is 50.1 Å². The molecule has 43 heavy (non-hydrogen) atoms. The summed E-state index contributed by atoms with van der Waals surface area (Å²) < 4.78 is 10.5. The molecule has 1 N–H and O–H groups in total. The van der Waals surface area contributed by atoms with Gasteiger partial charge in [0.1, 0.15) is 17.3 Å². The number of rotatable bonds is 9. The summed E-state index contributed by atoms with van der Waals surface area (Å²) in [5.74, 6) is -0.580. The van der Waals surface area contributed by atoms with Crippen LogP contribution in [-0.2, 0) is 19.1 Å². The quantitative estimate of drug-likeness (QED) is 0.426. The van der Waals surface area contributed by atoms with Crippen LogP contribution in [-0.4, -0.2) is 88.1 Å². The molecule has 11 heteroatoms. The summed E-state index contributed by atoms with van der Waals surface area (Å²) in [4.78, 5) is 64.7. The molecule has 1 aliphatic heterocycles. The number of ether oxygens (including phenoxy) is 2. The number of nitrogens with zero attached hydrogens (tertiary/aromatic N) is 4. The molecule has 1 saturated heterocycles. The molecule has 2 aromatic rings. The largest absolute Gasteiger partial charge is 0.460 e. The number of esters is 1. The van der Waals surface area contributed by atoms with Crippen molar-refractivity contribution < 1.29 is 28.7 Å². The number of hydrogen-bond acceptors (Lipinski definition) is 8. The monoisotopic (exact) mass is 593 g/mol. The number of benzene rings is 1. The van der Waals surface area contributed by atoms with Gasteiger partial charge < -0.3 is 24.6 Å². The molecule has 1 aliphatic carbocycles. The number of carbonyl (C=O) groups is 4. The first-order valence-corrected chi connectivity index (χ1v) is 15.2. The zero-order valence-corrected chi connectivity index (χ0v) is 25.6. The Morgan fingerprint density at radius 1 is 0.977 bits per heavy atom. The number of hydrogen-bond donors (Lipinski definition) is 1. The van der Waals surface area contributed by atoms with E-state index >= 15 is 0 Å². The number of piperazine rings is 1. The topological polar surface area (TPSA) is 131 Å².